The van der Waals surface area contributed by atoms with Crippen molar-refractivity contribution in [1.82, 2.24) is 9.97 Å². The zero-order valence-corrected chi connectivity index (χ0v) is 9.51. The summed E-state index contributed by atoms with van der Waals surface area (Å²) in [6, 6.07) is 4.65. The smallest absolute Gasteiger partial charge is 0.339 e. The van der Waals surface area contributed by atoms with Crippen LogP contribution in [0, 0.1) is 6.92 Å². The van der Waals surface area contributed by atoms with Crippen LogP contribution in [0.4, 0.5) is 0 Å². The summed E-state index contributed by atoms with van der Waals surface area (Å²) in [5.74, 6) is -1.23. The number of aromatic nitrogens is 2. The van der Waals surface area contributed by atoms with Crippen molar-refractivity contribution in [3.8, 4) is 11.6 Å². The third-order valence-electron chi connectivity index (χ3n) is 2.25. The Balaban J connectivity index is 2.44. The summed E-state index contributed by atoms with van der Waals surface area (Å²) in [4.78, 5) is 28.6. The molecule has 1 heterocycles. The number of ether oxygens (including phenoxy) is 1. The van der Waals surface area contributed by atoms with Gasteiger partial charge in [-0.15, -0.1) is 0 Å². The predicted octanol–water partition coefficient (Wildman–Crippen LogP) is 1.57. The maximum absolute atomic E-state index is 11.4. The Morgan fingerprint density at radius 3 is 2.89 bits per heavy atom. The van der Waals surface area contributed by atoms with Crippen LogP contribution in [-0.4, -0.2) is 21.0 Å². The SMILES string of the molecule is Cc1ccc(Oc2ncc[nH]c2=O)c(C(=O)O)c1. The van der Waals surface area contributed by atoms with Crippen molar-refractivity contribution in [3.05, 3.63) is 52.1 Å². The molecule has 92 valence electrons. The highest BCUT2D eigenvalue weighted by Gasteiger charge is 2.13. The van der Waals surface area contributed by atoms with E-state index in [0.29, 0.717) is 0 Å². The van der Waals surface area contributed by atoms with Gasteiger partial charge in [0, 0.05) is 12.4 Å². The van der Waals surface area contributed by atoms with Gasteiger partial charge in [0.15, 0.2) is 0 Å². The second kappa shape index (κ2) is 4.70. The lowest BCUT2D eigenvalue weighted by Crippen LogP contribution is -2.11. The van der Waals surface area contributed by atoms with Crippen molar-refractivity contribution < 1.29 is 14.6 Å². The Kier molecular flexibility index (Phi) is 3.09. The third-order valence-corrected chi connectivity index (χ3v) is 2.25. The van der Waals surface area contributed by atoms with Gasteiger partial charge in [-0.1, -0.05) is 11.6 Å². The van der Waals surface area contributed by atoms with Crippen molar-refractivity contribution in [2.75, 3.05) is 0 Å². The quantitative estimate of drug-likeness (QED) is 0.857. The molecule has 2 aromatic rings. The van der Waals surface area contributed by atoms with Gasteiger partial charge in [0.05, 0.1) is 0 Å². The van der Waals surface area contributed by atoms with Gasteiger partial charge in [0.2, 0.25) is 0 Å². The lowest BCUT2D eigenvalue weighted by Gasteiger charge is -2.07. The van der Waals surface area contributed by atoms with E-state index in [0.717, 1.165) is 5.56 Å². The van der Waals surface area contributed by atoms with E-state index in [1.807, 2.05) is 0 Å². The Bertz CT molecular complexity index is 649. The summed E-state index contributed by atoms with van der Waals surface area (Å²) in [7, 11) is 0. The molecule has 6 heteroatoms. The number of carboxylic acids is 1. The van der Waals surface area contributed by atoms with Crippen LogP contribution < -0.4 is 10.3 Å². The van der Waals surface area contributed by atoms with Gasteiger partial charge < -0.3 is 14.8 Å². The van der Waals surface area contributed by atoms with Gasteiger partial charge in [-0.25, -0.2) is 9.78 Å². The minimum Gasteiger partial charge on any atom is -0.478 e. The molecule has 2 rings (SSSR count). The van der Waals surface area contributed by atoms with Gasteiger partial charge in [-0.05, 0) is 19.1 Å². The van der Waals surface area contributed by atoms with Crippen molar-refractivity contribution in [1.29, 1.82) is 0 Å². The zero-order chi connectivity index (χ0) is 13.1. The van der Waals surface area contributed by atoms with Crippen LogP contribution in [-0.2, 0) is 0 Å². The number of H-pyrrole nitrogens is 1. The minimum atomic E-state index is -1.12. The fraction of sp³-hybridized carbons (Fsp3) is 0.0833. The zero-order valence-electron chi connectivity index (χ0n) is 9.51. The van der Waals surface area contributed by atoms with E-state index in [1.54, 1.807) is 13.0 Å². The Morgan fingerprint density at radius 2 is 2.22 bits per heavy atom. The fourth-order valence-corrected chi connectivity index (χ4v) is 1.42. The molecule has 0 aliphatic carbocycles. The molecule has 0 fully saturated rings. The van der Waals surface area contributed by atoms with Crippen molar-refractivity contribution in [2.24, 2.45) is 0 Å². The van der Waals surface area contributed by atoms with Crippen LogP contribution in [0.2, 0.25) is 0 Å². The number of nitrogens with one attached hydrogen (secondary N) is 1. The van der Waals surface area contributed by atoms with Gasteiger partial charge in [0.1, 0.15) is 11.3 Å². The van der Waals surface area contributed by atoms with Gasteiger partial charge in [-0.3, -0.25) is 4.79 Å². The normalized spacial score (nSPS) is 10.1. The summed E-state index contributed by atoms with van der Waals surface area (Å²) >= 11 is 0. The molecule has 0 radical (unpaired) electrons. The fourth-order valence-electron chi connectivity index (χ4n) is 1.42. The highest BCUT2D eigenvalue weighted by Crippen LogP contribution is 2.23. The van der Waals surface area contributed by atoms with E-state index in [4.69, 9.17) is 9.84 Å². The molecule has 0 spiro atoms. The highest BCUT2D eigenvalue weighted by atomic mass is 16.5. The lowest BCUT2D eigenvalue weighted by atomic mass is 10.1. The van der Waals surface area contributed by atoms with E-state index >= 15 is 0 Å². The number of aromatic carboxylic acids is 1. The second-order valence-corrected chi connectivity index (χ2v) is 3.63. The maximum Gasteiger partial charge on any atom is 0.339 e. The van der Waals surface area contributed by atoms with Crippen LogP contribution in [0.1, 0.15) is 15.9 Å². The number of aromatic amines is 1. The molecule has 0 aliphatic rings. The van der Waals surface area contributed by atoms with E-state index in [2.05, 4.69) is 9.97 Å². The average Bonchev–Trinajstić information content (AvgIpc) is 2.34. The van der Waals surface area contributed by atoms with Crippen LogP contribution in [0.3, 0.4) is 0 Å². The van der Waals surface area contributed by atoms with Crippen LogP contribution >= 0.6 is 0 Å². The predicted molar refractivity (Wildman–Crippen MR) is 63.1 cm³/mol. The number of hydrogen-bond donors (Lipinski definition) is 2. The van der Waals surface area contributed by atoms with E-state index in [-0.39, 0.29) is 17.2 Å². The number of carboxylic acid groups (broad SMARTS) is 1. The summed E-state index contributed by atoms with van der Waals surface area (Å²) in [6.07, 6.45) is 2.72. The lowest BCUT2D eigenvalue weighted by molar-refractivity contribution is 0.0694. The first kappa shape index (κ1) is 11.8. The van der Waals surface area contributed by atoms with Crippen molar-refractivity contribution in [3.63, 3.8) is 0 Å². The number of benzene rings is 1. The highest BCUT2D eigenvalue weighted by molar-refractivity contribution is 5.91. The molecule has 0 unspecified atom stereocenters. The molecule has 2 N–H and O–H groups in total. The molecule has 0 aliphatic heterocycles. The average molecular weight is 246 g/mol. The van der Waals surface area contributed by atoms with Crippen LogP contribution in [0.5, 0.6) is 11.6 Å². The van der Waals surface area contributed by atoms with E-state index in [9.17, 15) is 9.59 Å². The number of aryl methyl sites for hydroxylation is 1. The first-order valence-corrected chi connectivity index (χ1v) is 5.13. The molecule has 0 saturated carbocycles. The molecule has 18 heavy (non-hydrogen) atoms. The summed E-state index contributed by atoms with van der Waals surface area (Å²) < 4.78 is 5.22. The standard InChI is InChI=1S/C12H10N2O4/c1-7-2-3-9(8(6-7)12(16)17)18-11-10(15)13-4-5-14-11/h2-6H,1H3,(H,13,15)(H,16,17). The summed E-state index contributed by atoms with van der Waals surface area (Å²) in [5, 5.41) is 9.05. The minimum absolute atomic E-state index is 0.0138. The number of hydrogen-bond acceptors (Lipinski definition) is 4. The topological polar surface area (TPSA) is 92.3 Å². The largest absolute Gasteiger partial charge is 0.478 e. The molecular weight excluding hydrogens is 236 g/mol. The Hall–Kier alpha value is -2.63. The first-order valence-electron chi connectivity index (χ1n) is 5.13. The Morgan fingerprint density at radius 1 is 1.44 bits per heavy atom. The van der Waals surface area contributed by atoms with E-state index < -0.39 is 11.5 Å². The van der Waals surface area contributed by atoms with Gasteiger partial charge in [-0.2, -0.15) is 0 Å². The number of rotatable bonds is 3. The van der Waals surface area contributed by atoms with Crippen molar-refractivity contribution in [2.45, 2.75) is 6.92 Å². The summed E-state index contributed by atoms with van der Waals surface area (Å²) in [5.41, 5.74) is 0.254. The molecule has 0 amide bonds. The van der Waals surface area contributed by atoms with Crippen LogP contribution in [0.15, 0.2) is 35.4 Å². The van der Waals surface area contributed by atoms with Crippen molar-refractivity contribution >= 4 is 5.97 Å². The number of carbonyl (C=O) groups is 1. The third kappa shape index (κ3) is 2.37. The number of nitrogens with zero attached hydrogens (tertiary/aromatic N) is 1. The molecule has 0 bridgehead atoms. The summed E-state index contributed by atoms with van der Waals surface area (Å²) in [6.45, 7) is 1.77. The van der Waals surface area contributed by atoms with Crippen LogP contribution in [0.25, 0.3) is 0 Å². The first-order chi connectivity index (χ1) is 8.58. The molecular formula is C12H10N2O4. The molecule has 1 aromatic carbocycles. The van der Waals surface area contributed by atoms with E-state index in [1.165, 1.54) is 24.5 Å². The molecule has 1 aromatic heterocycles. The second-order valence-electron chi connectivity index (χ2n) is 3.63. The Labute approximate surface area is 102 Å². The molecule has 0 saturated heterocycles. The monoisotopic (exact) mass is 246 g/mol. The maximum atomic E-state index is 11.4. The molecule has 0 atom stereocenters. The van der Waals surface area contributed by atoms with Gasteiger partial charge >= 0.3 is 11.5 Å². The molecule has 6 nitrogen and oxygen atoms in total. The van der Waals surface area contributed by atoms with Gasteiger partial charge in [0.25, 0.3) is 5.88 Å².